The monoisotopic (exact) mass is 364 g/mol. The van der Waals surface area contributed by atoms with Crippen LogP contribution in [0.4, 0.5) is 0 Å². The second kappa shape index (κ2) is 7.34. The lowest BCUT2D eigenvalue weighted by atomic mass is 9.98. The summed E-state index contributed by atoms with van der Waals surface area (Å²) in [4.78, 5) is 12.3. The fourth-order valence-electron chi connectivity index (χ4n) is 3.97. The van der Waals surface area contributed by atoms with Crippen molar-refractivity contribution >= 4 is 24.5 Å². The molecule has 0 unspecified atom stereocenters. The van der Waals surface area contributed by atoms with Gasteiger partial charge in [0, 0.05) is 12.5 Å². The van der Waals surface area contributed by atoms with Crippen molar-refractivity contribution in [3.63, 3.8) is 0 Å². The Bertz CT molecular complexity index is 735. The summed E-state index contributed by atoms with van der Waals surface area (Å²) < 4.78 is 6.87. The highest BCUT2D eigenvalue weighted by Gasteiger charge is 2.50. The van der Waals surface area contributed by atoms with E-state index in [1.807, 2.05) is 18.2 Å². The summed E-state index contributed by atoms with van der Waals surface area (Å²) in [5, 5.41) is 2.45. The third-order valence-corrected chi connectivity index (χ3v) is 10.5. The van der Waals surface area contributed by atoms with E-state index in [-0.39, 0.29) is 22.7 Å². The highest BCUT2D eigenvalue weighted by Crippen LogP contribution is 2.37. The summed E-state index contributed by atoms with van der Waals surface area (Å²) >= 11 is 0. The smallest absolute Gasteiger partial charge is 0.261 e. The van der Waals surface area contributed by atoms with Crippen LogP contribution in [0.1, 0.15) is 27.7 Å². The van der Waals surface area contributed by atoms with Gasteiger partial charge in [-0.3, -0.25) is 4.79 Å². The van der Waals surface area contributed by atoms with Gasteiger partial charge in [-0.05, 0) is 27.4 Å². The van der Waals surface area contributed by atoms with Gasteiger partial charge >= 0.3 is 0 Å². The number of ketones is 1. The average Bonchev–Trinajstić information content (AvgIpc) is 2.95. The van der Waals surface area contributed by atoms with Gasteiger partial charge in [-0.1, -0.05) is 94.4 Å². The molecule has 3 rings (SSSR count). The molecular weight excluding hydrogens is 336 g/mol. The molecule has 26 heavy (non-hydrogen) atoms. The van der Waals surface area contributed by atoms with Crippen molar-refractivity contribution in [2.45, 2.75) is 32.7 Å². The maximum absolute atomic E-state index is 12.3. The van der Waals surface area contributed by atoms with Gasteiger partial charge in [-0.25, -0.2) is 0 Å². The van der Waals surface area contributed by atoms with Crippen LogP contribution in [0, 0.1) is 11.8 Å². The maximum atomic E-state index is 12.3. The molecule has 0 amide bonds. The molecule has 2 atom stereocenters. The van der Waals surface area contributed by atoms with Gasteiger partial charge in [-0.2, -0.15) is 0 Å². The molecule has 1 aliphatic carbocycles. The van der Waals surface area contributed by atoms with Crippen molar-refractivity contribution in [1.29, 1.82) is 0 Å². The molecule has 2 nitrogen and oxygen atoms in total. The number of carbonyl (C=O) groups is 1. The van der Waals surface area contributed by atoms with Gasteiger partial charge in [0.1, 0.15) is 0 Å². The Morgan fingerprint density at radius 2 is 1.42 bits per heavy atom. The van der Waals surface area contributed by atoms with Crippen molar-refractivity contribution < 1.29 is 9.22 Å². The lowest BCUT2D eigenvalue weighted by Crippen LogP contribution is -2.67. The molecule has 0 heterocycles. The molecule has 0 bridgehead atoms. The second-order valence-electron chi connectivity index (χ2n) is 8.20. The van der Waals surface area contributed by atoms with E-state index in [4.69, 9.17) is 4.43 Å². The first-order valence-electron chi connectivity index (χ1n) is 9.33. The molecule has 0 aromatic heterocycles. The third-order valence-electron chi connectivity index (χ3n) is 5.46. The first kappa shape index (κ1) is 18.8. The Labute approximate surface area is 158 Å². The standard InChI is InChI=1S/C23H28O2Si/c1-18-15-16-22(24)21(18)17-25-26(23(2,3)4,19-11-7-5-8-12-19)20-13-9-6-10-14-20/h5-16,18,21H,17H2,1-4H3/t18-,21+/m1/s1. The SMILES string of the molecule is C[C@@H]1C=CC(=O)[C@H]1CO[Si](c1ccccc1)(c1ccccc1)C(C)(C)C. The van der Waals surface area contributed by atoms with Crippen molar-refractivity contribution in [3.05, 3.63) is 72.8 Å². The van der Waals surface area contributed by atoms with Crippen molar-refractivity contribution in [3.8, 4) is 0 Å². The normalized spacial score (nSPS) is 20.5. The Balaban J connectivity index is 2.07. The minimum absolute atomic E-state index is 0.0615. The predicted octanol–water partition coefficient (Wildman–Crippen LogP) is 3.95. The van der Waals surface area contributed by atoms with E-state index in [1.54, 1.807) is 6.08 Å². The van der Waals surface area contributed by atoms with Crippen LogP contribution in [-0.2, 0) is 9.22 Å². The summed E-state index contributed by atoms with van der Waals surface area (Å²) in [7, 11) is -2.56. The lowest BCUT2D eigenvalue weighted by molar-refractivity contribution is -0.119. The zero-order valence-corrected chi connectivity index (χ0v) is 17.1. The first-order chi connectivity index (χ1) is 12.4. The fraction of sp³-hybridized carbons (Fsp3) is 0.348. The summed E-state index contributed by atoms with van der Waals surface area (Å²) in [5.74, 6) is 0.354. The van der Waals surface area contributed by atoms with Crippen LogP contribution in [0.15, 0.2) is 72.8 Å². The van der Waals surface area contributed by atoms with E-state index in [1.165, 1.54) is 10.4 Å². The first-order valence-corrected chi connectivity index (χ1v) is 11.2. The Kier molecular flexibility index (Phi) is 5.31. The zero-order valence-electron chi connectivity index (χ0n) is 16.1. The van der Waals surface area contributed by atoms with Crippen LogP contribution >= 0.6 is 0 Å². The van der Waals surface area contributed by atoms with Gasteiger partial charge in [0.2, 0.25) is 0 Å². The average molecular weight is 365 g/mol. The van der Waals surface area contributed by atoms with Crippen molar-refractivity contribution in [2.75, 3.05) is 6.61 Å². The molecule has 2 aromatic rings. The summed E-state index contributed by atoms with van der Waals surface area (Å²) in [5.41, 5.74) is 0. The van der Waals surface area contributed by atoms with Crippen LogP contribution in [0.5, 0.6) is 0 Å². The molecule has 2 aromatic carbocycles. The highest BCUT2D eigenvalue weighted by atomic mass is 28.4. The Morgan fingerprint density at radius 3 is 1.81 bits per heavy atom. The summed E-state index contributed by atoms with van der Waals surface area (Å²) in [6.07, 6.45) is 3.71. The predicted molar refractivity (Wildman–Crippen MR) is 110 cm³/mol. The number of hydrogen-bond acceptors (Lipinski definition) is 2. The number of hydrogen-bond donors (Lipinski definition) is 0. The number of rotatable bonds is 5. The Morgan fingerprint density at radius 1 is 0.923 bits per heavy atom. The van der Waals surface area contributed by atoms with Gasteiger partial charge in [-0.15, -0.1) is 0 Å². The van der Waals surface area contributed by atoms with E-state index in [2.05, 4.69) is 76.2 Å². The van der Waals surface area contributed by atoms with E-state index in [0.29, 0.717) is 6.61 Å². The van der Waals surface area contributed by atoms with E-state index >= 15 is 0 Å². The molecule has 0 saturated heterocycles. The molecule has 0 aliphatic heterocycles. The fourth-order valence-corrected chi connectivity index (χ4v) is 8.56. The highest BCUT2D eigenvalue weighted by molar-refractivity contribution is 6.99. The second-order valence-corrected chi connectivity index (χ2v) is 12.5. The lowest BCUT2D eigenvalue weighted by Gasteiger charge is -2.43. The minimum Gasteiger partial charge on any atom is -0.407 e. The van der Waals surface area contributed by atoms with E-state index in [0.717, 1.165) is 0 Å². The third kappa shape index (κ3) is 3.34. The van der Waals surface area contributed by atoms with Crippen LogP contribution in [0.3, 0.4) is 0 Å². The Hall–Kier alpha value is -1.97. The molecular formula is C23H28O2Si. The topological polar surface area (TPSA) is 26.3 Å². The van der Waals surface area contributed by atoms with Gasteiger partial charge in [0.05, 0.1) is 0 Å². The van der Waals surface area contributed by atoms with Crippen molar-refractivity contribution in [1.82, 2.24) is 0 Å². The number of allylic oxidation sites excluding steroid dienone is 2. The van der Waals surface area contributed by atoms with Crippen LogP contribution in [0.2, 0.25) is 5.04 Å². The van der Waals surface area contributed by atoms with Crippen LogP contribution < -0.4 is 10.4 Å². The largest absolute Gasteiger partial charge is 0.407 e. The molecule has 0 radical (unpaired) electrons. The molecule has 3 heteroatoms. The zero-order chi connectivity index (χ0) is 18.8. The number of benzene rings is 2. The summed E-state index contributed by atoms with van der Waals surface area (Å²) in [6.45, 7) is 9.35. The molecule has 0 fully saturated rings. The van der Waals surface area contributed by atoms with Gasteiger partial charge in [0.15, 0.2) is 5.78 Å². The number of carbonyl (C=O) groups excluding carboxylic acids is 1. The maximum Gasteiger partial charge on any atom is 0.261 e. The molecule has 0 saturated carbocycles. The van der Waals surface area contributed by atoms with Crippen LogP contribution in [-0.4, -0.2) is 20.7 Å². The van der Waals surface area contributed by atoms with E-state index < -0.39 is 8.32 Å². The quantitative estimate of drug-likeness (QED) is 0.751. The van der Waals surface area contributed by atoms with Crippen molar-refractivity contribution in [2.24, 2.45) is 11.8 Å². The minimum atomic E-state index is -2.56. The molecule has 0 spiro atoms. The molecule has 136 valence electrons. The van der Waals surface area contributed by atoms with Gasteiger partial charge in [0.25, 0.3) is 8.32 Å². The van der Waals surface area contributed by atoms with E-state index in [9.17, 15) is 4.79 Å². The van der Waals surface area contributed by atoms with Crippen LogP contribution in [0.25, 0.3) is 0 Å². The summed E-state index contributed by atoms with van der Waals surface area (Å²) in [6, 6.07) is 21.2. The van der Waals surface area contributed by atoms with Gasteiger partial charge < -0.3 is 4.43 Å². The molecule has 1 aliphatic rings. The molecule has 0 N–H and O–H groups in total.